The smallest absolute Gasteiger partial charge is 0.252 e. The Labute approximate surface area is 161 Å². The Balaban J connectivity index is 1.69. The van der Waals surface area contributed by atoms with Gasteiger partial charge in [0.2, 0.25) is 11.8 Å². The van der Waals surface area contributed by atoms with Crippen LogP contribution in [-0.2, 0) is 16.0 Å². The summed E-state index contributed by atoms with van der Waals surface area (Å²) in [5, 5.41) is 10.0. The monoisotopic (exact) mass is 386 g/mol. The van der Waals surface area contributed by atoms with Crippen LogP contribution in [0.2, 0.25) is 5.02 Å². The minimum Gasteiger partial charge on any atom is -0.326 e. The SMILES string of the molecule is CC(=O)Nc1cc(NC(=O)CCc2c(C)nc3ncnn3c2C)ccc1Cl. The van der Waals surface area contributed by atoms with E-state index in [4.69, 9.17) is 11.6 Å². The molecule has 140 valence electrons. The summed E-state index contributed by atoms with van der Waals surface area (Å²) in [6.45, 7) is 5.22. The molecule has 0 spiro atoms. The lowest BCUT2D eigenvalue weighted by Gasteiger charge is -2.12. The zero-order valence-electron chi connectivity index (χ0n) is 15.2. The van der Waals surface area contributed by atoms with Gasteiger partial charge in [0.25, 0.3) is 5.78 Å². The van der Waals surface area contributed by atoms with Crippen LogP contribution in [0.15, 0.2) is 24.5 Å². The topological polar surface area (TPSA) is 101 Å². The van der Waals surface area contributed by atoms with Crippen LogP contribution >= 0.6 is 11.6 Å². The van der Waals surface area contributed by atoms with E-state index in [2.05, 4.69) is 25.7 Å². The fourth-order valence-electron chi connectivity index (χ4n) is 2.87. The second kappa shape index (κ2) is 7.71. The van der Waals surface area contributed by atoms with E-state index in [0.29, 0.717) is 28.6 Å². The Morgan fingerprint density at radius 1 is 1.22 bits per heavy atom. The van der Waals surface area contributed by atoms with Crippen molar-refractivity contribution in [1.82, 2.24) is 19.6 Å². The second-order valence-corrected chi connectivity index (χ2v) is 6.56. The number of amides is 2. The van der Waals surface area contributed by atoms with E-state index in [9.17, 15) is 9.59 Å². The van der Waals surface area contributed by atoms with Crippen LogP contribution in [0, 0.1) is 13.8 Å². The number of carbonyl (C=O) groups excluding carboxylic acids is 2. The minimum absolute atomic E-state index is 0.149. The van der Waals surface area contributed by atoms with Crippen LogP contribution in [0.5, 0.6) is 0 Å². The number of nitrogens with one attached hydrogen (secondary N) is 2. The number of aromatic nitrogens is 4. The first-order valence-electron chi connectivity index (χ1n) is 8.38. The van der Waals surface area contributed by atoms with Gasteiger partial charge in [-0.2, -0.15) is 10.1 Å². The van der Waals surface area contributed by atoms with Gasteiger partial charge in [0.05, 0.1) is 10.7 Å². The molecule has 0 saturated heterocycles. The molecule has 1 aromatic carbocycles. The summed E-state index contributed by atoms with van der Waals surface area (Å²) >= 11 is 6.04. The normalized spacial score (nSPS) is 10.8. The molecule has 8 nitrogen and oxygen atoms in total. The first-order valence-corrected chi connectivity index (χ1v) is 8.75. The van der Waals surface area contributed by atoms with Gasteiger partial charge in [0, 0.05) is 30.4 Å². The Morgan fingerprint density at radius 3 is 2.74 bits per heavy atom. The van der Waals surface area contributed by atoms with Crippen LogP contribution in [0.3, 0.4) is 0 Å². The molecule has 9 heteroatoms. The van der Waals surface area contributed by atoms with Gasteiger partial charge in [-0.1, -0.05) is 11.6 Å². The largest absolute Gasteiger partial charge is 0.326 e. The van der Waals surface area contributed by atoms with Crippen molar-refractivity contribution in [2.75, 3.05) is 10.6 Å². The molecule has 3 aromatic rings. The molecule has 2 amide bonds. The van der Waals surface area contributed by atoms with Gasteiger partial charge in [-0.05, 0) is 44.0 Å². The molecule has 0 radical (unpaired) electrons. The zero-order valence-corrected chi connectivity index (χ0v) is 16.0. The van der Waals surface area contributed by atoms with Gasteiger partial charge in [-0.3, -0.25) is 9.59 Å². The maximum absolute atomic E-state index is 12.4. The van der Waals surface area contributed by atoms with Crippen molar-refractivity contribution >= 4 is 40.6 Å². The zero-order chi connectivity index (χ0) is 19.6. The molecule has 0 aliphatic rings. The highest BCUT2D eigenvalue weighted by Crippen LogP contribution is 2.25. The van der Waals surface area contributed by atoms with E-state index in [-0.39, 0.29) is 18.2 Å². The van der Waals surface area contributed by atoms with Crippen molar-refractivity contribution in [1.29, 1.82) is 0 Å². The van der Waals surface area contributed by atoms with Crippen LogP contribution in [0.25, 0.3) is 5.78 Å². The third-order valence-corrected chi connectivity index (χ3v) is 4.48. The molecule has 3 rings (SSSR count). The fourth-order valence-corrected chi connectivity index (χ4v) is 3.03. The third kappa shape index (κ3) is 4.22. The number of rotatable bonds is 5. The quantitative estimate of drug-likeness (QED) is 0.702. The Morgan fingerprint density at radius 2 is 2.00 bits per heavy atom. The molecule has 0 bridgehead atoms. The summed E-state index contributed by atoms with van der Waals surface area (Å²) in [7, 11) is 0. The first kappa shape index (κ1) is 18.8. The molecular formula is C18H19ClN6O2. The Bertz CT molecular complexity index is 1030. The van der Waals surface area contributed by atoms with E-state index in [1.54, 1.807) is 22.7 Å². The van der Waals surface area contributed by atoms with Crippen molar-refractivity contribution in [3.63, 3.8) is 0 Å². The molecule has 2 N–H and O–H groups in total. The number of aryl methyl sites for hydroxylation is 2. The highest BCUT2D eigenvalue weighted by atomic mass is 35.5. The van der Waals surface area contributed by atoms with Crippen molar-refractivity contribution in [2.45, 2.75) is 33.6 Å². The Kier molecular flexibility index (Phi) is 5.36. The summed E-state index contributed by atoms with van der Waals surface area (Å²) in [4.78, 5) is 32.1. The predicted molar refractivity (Wildman–Crippen MR) is 103 cm³/mol. The number of nitrogens with zero attached hydrogens (tertiary/aromatic N) is 4. The van der Waals surface area contributed by atoms with Crippen LogP contribution in [0.4, 0.5) is 11.4 Å². The predicted octanol–water partition coefficient (Wildman–Crippen LogP) is 2.92. The molecular weight excluding hydrogens is 368 g/mol. The minimum atomic E-state index is -0.234. The highest BCUT2D eigenvalue weighted by molar-refractivity contribution is 6.33. The first-order chi connectivity index (χ1) is 12.8. The number of halogens is 1. The van der Waals surface area contributed by atoms with E-state index < -0.39 is 0 Å². The van der Waals surface area contributed by atoms with Gasteiger partial charge in [-0.15, -0.1) is 0 Å². The molecule has 0 atom stereocenters. The lowest BCUT2D eigenvalue weighted by Crippen LogP contribution is -2.15. The molecule has 27 heavy (non-hydrogen) atoms. The molecule has 0 unspecified atom stereocenters. The average molecular weight is 387 g/mol. The molecule has 0 fully saturated rings. The maximum Gasteiger partial charge on any atom is 0.252 e. The summed E-state index contributed by atoms with van der Waals surface area (Å²) in [6.07, 6.45) is 2.26. The third-order valence-electron chi connectivity index (χ3n) is 4.15. The van der Waals surface area contributed by atoms with E-state index in [1.807, 2.05) is 13.8 Å². The van der Waals surface area contributed by atoms with E-state index >= 15 is 0 Å². The lowest BCUT2D eigenvalue weighted by atomic mass is 10.1. The van der Waals surface area contributed by atoms with Crippen molar-refractivity contribution in [2.24, 2.45) is 0 Å². The second-order valence-electron chi connectivity index (χ2n) is 6.16. The van der Waals surface area contributed by atoms with E-state index in [1.165, 1.54) is 13.3 Å². The molecule has 2 heterocycles. The Hall–Kier alpha value is -3.00. The summed E-state index contributed by atoms with van der Waals surface area (Å²) in [5.74, 6) is 0.163. The maximum atomic E-state index is 12.4. The van der Waals surface area contributed by atoms with Gasteiger partial charge in [0.1, 0.15) is 6.33 Å². The standard InChI is InChI=1S/C18H19ClN6O2/c1-10-14(11(2)25-18(22-10)20-9-21-25)5-7-17(27)24-13-4-6-15(19)16(8-13)23-12(3)26/h4,6,8-9H,5,7H2,1-3H3,(H,23,26)(H,24,27). The van der Waals surface area contributed by atoms with Crippen molar-refractivity contribution in [3.8, 4) is 0 Å². The molecule has 0 saturated carbocycles. The number of benzene rings is 1. The average Bonchev–Trinajstić information content (AvgIpc) is 3.05. The molecule has 0 aliphatic heterocycles. The summed E-state index contributed by atoms with van der Waals surface area (Å²) in [5.41, 5.74) is 3.74. The highest BCUT2D eigenvalue weighted by Gasteiger charge is 2.13. The van der Waals surface area contributed by atoms with E-state index in [0.717, 1.165) is 17.0 Å². The fraction of sp³-hybridized carbons (Fsp3) is 0.278. The number of hydrogen-bond donors (Lipinski definition) is 2. The van der Waals surface area contributed by atoms with Crippen LogP contribution < -0.4 is 10.6 Å². The van der Waals surface area contributed by atoms with Crippen molar-refractivity contribution in [3.05, 3.63) is 46.5 Å². The van der Waals surface area contributed by atoms with Crippen molar-refractivity contribution < 1.29 is 9.59 Å². The summed E-state index contributed by atoms with van der Waals surface area (Å²) < 4.78 is 1.67. The number of hydrogen-bond acceptors (Lipinski definition) is 5. The van der Waals surface area contributed by atoms with Crippen LogP contribution in [-0.4, -0.2) is 31.4 Å². The number of carbonyl (C=O) groups is 2. The molecule has 0 aliphatic carbocycles. The van der Waals surface area contributed by atoms with Gasteiger partial charge in [-0.25, -0.2) is 9.50 Å². The van der Waals surface area contributed by atoms with Gasteiger partial charge >= 0.3 is 0 Å². The van der Waals surface area contributed by atoms with Crippen LogP contribution in [0.1, 0.15) is 30.3 Å². The van der Waals surface area contributed by atoms with Gasteiger partial charge < -0.3 is 10.6 Å². The summed E-state index contributed by atoms with van der Waals surface area (Å²) in [6, 6.07) is 4.94. The number of fused-ring (bicyclic) bond motifs is 1. The van der Waals surface area contributed by atoms with Gasteiger partial charge in [0.15, 0.2) is 0 Å². The molecule has 2 aromatic heterocycles. The lowest BCUT2D eigenvalue weighted by molar-refractivity contribution is -0.116. The number of anilines is 2.